The maximum absolute atomic E-state index is 13.0. The van der Waals surface area contributed by atoms with Crippen LogP contribution in [0.2, 0.25) is 0 Å². The number of rotatable bonds is 8. The van der Waals surface area contributed by atoms with Crippen LogP contribution in [0.4, 0.5) is 0 Å². The van der Waals surface area contributed by atoms with Crippen molar-refractivity contribution in [2.24, 2.45) is 11.1 Å². The third-order valence-corrected chi connectivity index (χ3v) is 5.59. The molecule has 2 saturated heterocycles. The Balaban J connectivity index is 1.70. The fourth-order valence-corrected chi connectivity index (χ4v) is 4.01. The second kappa shape index (κ2) is 8.79. The first-order valence-corrected chi connectivity index (χ1v) is 9.63. The van der Waals surface area contributed by atoms with E-state index in [4.69, 9.17) is 19.9 Å². The highest BCUT2D eigenvalue weighted by Crippen LogP contribution is 2.41. The summed E-state index contributed by atoms with van der Waals surface area (Å²) >= 11 is 0. The van der Waals surface area contributed by atoms with E-state index >= 15 is 0 Å². The van der Waals surface area contributed by atoms with Crippen molar-refractivity contribution in [1.82, 2.24) is 9.80 Å². The van der Waals surface area contributed by atoms with Crippen LogP contribution < -0.4 is 15.2 Å². The van der Waals surface area contributed by atoms with E-state index in [1.54, 1.807) is 37.3 Å². The molecule has 28 heavy (non-hydrogen) atoms. The molecule has 2 aliphatic rings. The van der Waals surface area contributed by atoms with Gasteiger partial charge in [0.05, 0.1) is 19.1 Å². The standard InChI is InChI=1S/C20H29N3O5/c1-26-12-10-22-8-5-20(19(22)25)6-9-23(14-20)18(24)15-3-4-16(27-2)17(13-15)28-11-7-21/h3-4,13H,5-12,14,21H2,1-2H3. The first kappa shape index (κ1) is 20.4. The zero-order chi connectivity index (χ0) is 20.1. The van der Waals surface area contributed by atoms with Gasteiger partial charge >= 0.3 is 0 Å². The Morgan fingerprint density at radius 1 is 1.18 bits per heavy atom. The van der Waals surface area contributed by atoms with Gasteiger partial charge in [-0.2, -0.15) is 0 Å². The van der Waals surface area contributed by atoms with Crippen LogP contribution in [0.5, 0.6) is 11.5 Å². The maximum Gasteiger partial charge on any atom is 0.254 e. The van der Waals surface area contributed by atoms with Crippen molar-refractivity contribution in [3.05, 3.63) is 23.8 Å². The van der Waals surface area contributed by atoms with Crippen LogP contribution in [0.25, 0.3) is 0 Å². The number of nitrogens with two attached hydrogens (primary N) is 1. The second-order valence-corrected chi connectivity index (χ2v) is 7.29. The van der Waals surface area contributed by atoms with Gasteiger partial charge in [0.25, 0.3) is 5.91 Å². The van der Waals surface area contributed by atoms with Crippen molar-refractivity contribution < 1.29 is 23.8 Å². The molecule has 1 atom stereocenters. The molecule has 0 aromatic heterocycles. The van der Waals surface area contributed by atoms with E-state index in [1.807, 2.05) is 4.90 Å². The Hall–Kier alpha value is -2.32. The predicted octanol–water partition coefficient (Wildman–Crippen LogP) is 0.744. The Kier molecular flexibility index (Phi) is 6.41. The molecule has 1 aromatic carbocycles. The zero-order valence-electron chi connectivity index (χ0n) is 16.6. The van der Waals surface area contributed by atoms with Crippen LogP contribution in [-0.2, 0) is 9.53 Å². The van der Waals surface area contributed by atoms with Crippen LogP contribution in [0, 0.1) is 5.41 Å². The summed E-state index contributed by atoms with van der Waals surface area (Å²) in [4.78, 5) is 29.5. The SMILES string of the molecule is COCCN1CCC2(CCN(C(=O)c3ccc(OC)c(OCCN)c3)C2)C1=O. The van der Waals surface area contributed by atoms with Crippen molar-refractivity contribution in [3.8, 4) is 11.5 Å². The van der Waals surface area contributed by atoms with Gasteiger partial charge in [-0.1, -0.05) is 0 Å². The average molecular weight is 391 g/mol. The van der Waals surface area contributed by atoms with E-state index in [0.29, 0.717) is 62.9 Å². The summed E-state index contributed by atoms with van der Waals surface area (Å²) in [6, 6.07) is 5.13. The number of likely N-dealkylation sites (tertiary alicyclic amines) is 2. The van der Waals surface area contributed by atoms with E-state index in [0.717, 1.165) is 13.0 Å². The summed E-state index contributed by atoms with van der Waals surface area (Å²) in [7, 11) is 3.18. The molecule has 0 saturated carbocycles. The van der Waals surface area contributed by atoms with Gasteiger partial charge in [-0.25, -0.2) is 0 Å². The molecule has 1 spiro atoms. The first-order chi connectivity index (χ1) is 13.5. The van der Waals surface area contributed by atoms with Crippen molar-refractivity contribution in [3.63, 3.8) is 0 Å². The molecule has 1 aromatic rings. The minimum atomic E-state index is -0.450. The number of carbonyl (C=O) groups excluding carboxylic acids is 2. The van der Waals surface area contributed by atoms with E-state index in [1.165, 1.54) is 0 Å². The Morgan fingerprint density at radius 3 is 2.68 bits per heavy atom. The quantitative estimate of drug-likeness (QED) is 0.703. The molecular weight excluding hydrogens is 362 g/mol. The number of methoxy groups -OCH3 is 2. The van der Waals surface area contributed by atoms with Gasteiger partial charge in [0.15, 0.2) is 11.5 Å². The lowest BCUT2D eigenvalue weighted by molar-refractivity contribution is -0.135. The van der Waals surface area contributed by atoms with Crippen molar-refractivity contribution in [1.29, 1.82) is 0 Å². The Bertz CT molecular complexity index is 726. The highest BCUT2D eigenvalue weighted by molar-refractivity contribution is 5.96. The van der Waals surface area contributed by atoms with Crippen LogP contribution in [0.3, 0.4) is 0 Å². The smallest absolute Gasteiger partial charge is 0.254 e. The third kappa shape index (κ3) is 3.93. The lowest BCUT2D eigenvalue weighted by atomic mass is 9.85. The summed E-state index contributed by atoms with van der Waals surface area (Å²) in [5.74, 6) is 1.10. The Morgan fingerprint density at radius 2 is 1.96 bits per heavy atom. The van der Waals surface area contributed by atoms with Crippen LogP contribution in [-0.4, -0.2) is 81.8 Å². The number of ether oxygens (including phenoxy) is 3. The number of amides is 2. The van der Waals surface area contributed by atoms with E-state index in [-0.39, 0.29) is 11.8 Å². The number of nitrogens with zero attached hydrogens (tertiary/aromatic N) is 2. The summed E-state index contributed by atoms with van der Waals surface area (Å²) in [5.41, 5.74) is 5.57. The monoisotopic (exact) mass is 391 g/mol. The molecule has 1 unspecified atom stereocenters. The molecule has 2 heterocycles. The van der Waals surface area contributed by atoms with Crippen molar-refractivity contribution in [2.45, 2.75) is 12.8 Å². The van der Waals surface area contributed by atoms with Gasteiger partial charge in [-0.15, -0.1) is 0 Å². The van der Waals surface area contributed by atoms with Gasteiger partial charge in [0.1, 0.15) is 6.61 Å². The first-order valence-electron chi connectivity index (χ1n) is 9.63. The number of carbonyl (C=O) groups is 2. The van der Waals surface area contributed by atoms with Crippen LogP contribution >= 0.6 is 0 Å². The van der Waals surface area contributed by atoms with Crippen molar-refractivity contribution >= 4 is 11.8 Å². The zero-order valence-corrected chi connectivity index (χ0v) is 16.6. The largest absolute Gasteiger partial charge is 0.493 e. The van der Waals surface area contributed by atoms with Crippen LogP contribution in [0.1, 0.15) is 23.2 Å². The van der Waals surface area contributed by atoms with E-state index in [2.05, 4.69) is 0 Å². The van der Waals surface area contributed by atoms with Gasteiger partial charge in [-0.3, -0.25) is 9.59 Å². The highest BCUT2D eigenvalue weighted by Gasteiger charge is 2.51. The van der Waals surface area contributed by atoms with Gasteiger partial charge < -0.3 is 29.7 Å². The summed E-state index contributed by atoms with van der Waals surface area (Å²) in [5, 5.41) is 0. The molecule has 8 heteroatoms. The second-order valence-electron chi connectivity index (χ2n) is 7.29. The van der Waals surface area contributed by atoms with Gasteiger partial charge in [-0.05, 0) is 31.0 Å². The average Bonchev–Trinajstić information content (AvgIpc) is 3.29. The minimum Gasteiger partial charge on any atom is -0.493 e. The lowest BCUT2D eigenvalue weighted by Crippen LogP contribution is -2.39. The highest BCUT2D eigenvalue weighted by atomic mass is 16.5. The molecule has 154 valence electrons. The molecule has 0 radical (unpaired) electrons. The summed E-state index contributed by atoms with van der Waals surface area (Å²) in [6.07, 6.45) is 1.49. The predicted molar refractivity (Wildman–Crippen MR) is 104 cm³/mol. The maximum atomic E-state index is 13.0. The topological polar surface area (TPSA) is 94.3 Å². The normalized spacial score (nSPS) is 21.6. The number of benzene rings is 1. The molecule has 2 amide bonds. The fourth-order valence-electron chi connectivity index (χ4n) is 4.01. The van der Waals surface area contributed by atoms with Crippen molar-refractivity contribution in [2.75, 3.05) is 60.2 Å². The van der Waals surface area contributed by atoms with Gasteiger partial charge in [0, 0.05) is 45.4 Å². The summed E-state index contributed by atoms with van der Waals surface area (Å²) in [6.45, 7) is 3.61. The molecule has 8 nitrogen and oxygen atoms in total. The van der Waals surface area contributed by atoms with E-state index in [9.17, 15) is 9.59 Å². The van der Waals surface area contributed by atoms with Gasteiger partial charge in [0.2, 0.25) is 5.91 Å². The third-order valence-electron chi connectivity index (χ3n) is 5.59. The Labute approximate surface area is 165 Å². The summed E-state index contributed by atoms with van der Waals surface area (Å²) < 4.78 is 16.0. The molecular formula is C20H29N3O5. The number of hydrogen-bond donors (Lipinski definition) is 1. The van der Waals surface area contributed by atoms with Crippen LogP contribution in [0.15, 0.2) is 18.2 Å². The minimum absolute atomic E-state index is 0.0970. The molecule has 2 fully saturated rings. The molecule has 0 bridgehead atoms. The number of hydrogen-bond acceptors (Lipinski definition) is 6. The molecule has 0 aliphatic carbocycles. The molecule has 2 N–H and O–H groups in total. The fraction of sp³-hybridized carbons (Fsp3) is 0.600. The van der Waals surface area contributed by atoms with E-state index < -0.39 is 5.41 Å². The lowest BCUT2D eigenvalue weighted by Gasteiger charge is -2.24. The molecule has 2 aliphatic heterocycles. The molecule has 3 rings (SSSR count).